The Morgan fingerprint density at radius 1 is 0.895 bits per heavy atom. The molecule has 0 heterocycles. The number of amides is 3. The number of guanidine groups is 1. The van der Waals surface area contributed by atoms with Gasteiger partial charge in [0.25, 0.3) is 0 Å². The van der Waals surface area contributed by atoms with Gasteiger partial charge in [0.2, 0.25) is 17.7 Å². The fourth-order valence-electron chi connectivity index (χ4n) is 3.12. The van der Waals surface area contributed by atoms with Crippen LogP contribution in [-0.4, -0.2) is 87.4 Å². The summed E-state index contributed by atoms with van der Waals surface area (Å²) >= 11 is 4.01. The second kappa shape index (κ2) is 15.9. The maximum absolute atomic E-state index is 12.8. The van der Waals surface area contributed by atoms with Gasteiger partial charge in [-0.05, 0) is 30.5 Å². The Morgan fingerprint density at radius 3 is 1.97 bits per heavy atom. The van der Waals surface area contributed by atoms with Gasteiger partial charge in [0, 0.05) is 18.7 Å². The molecule has 0 radical (unpaired) electrons. The number of carbonyl (C=O) groups is 5. The van der Waals surface area contributed by atoms with Crippen LogP contribution in [0.5, 0.6) is 5.75 Å². The maximum Gasteiger partial charge on any atom is 0.326 e. The number of nitrogens with zero attached hydrogens (tertiary/aromatic N) is 1. The first-order valence-corrected chi connectivity index (χ1v) is 12.0. The van der Waals surface area contributed by atoms with Gasteiger partial charge in [-0.15, -0.1) is 0 Å². The first-order chi connectivity index (χ1) is 17.8. The molecule has 1 aromatic rings. The number of rotatable bonds is 16. The first kappa shape index (κ1) is 32.0. The summed E-state index contributed by atoms with van der Waals surface area (Å²) in [6, 6.07) is 0.297. The highest BCUT2D eigenvalue weighted by molar-refractivity contribution is 7.80. The summed E-state index contributed by atoms with van der Waals surface area (Å²) in [6.07, 6.45) is -0.437. The molecule has 3 amide bonds. The van der Waals surface area contributed by atoms with Crippen molar-refractivity contribution in [3.63, 3.8) is 0 Å². The number of aromatic hydroxyl groups is 1. The van der Waals surface area contributed by atoms with Gasteiger partial charge in [0.1, 0.15) is 23.9 Å². The summed E-state index contributed by atoms with van der Waals surface area (Å²) in [5.41, 5.74) is 16.7. The fraction of sp³-hybridized carbons (Fsp3) is 0.455. The van der Waals surface area contributed by atoms with Gasteiger partial charge in [0.05, 0.1) is 12.5 Å². The molecule has 0 spiro atoms. The Kier molecular flexibility index (Phi) is 13.4. The highest BCUT2D eigenvalue weighted by atomic mass is 32.1. The summed E-state index contributed by atoms with van der Waals surface area (Å²) in [7, 11) is 0. The van der Waals surface area contributed by atoms with Crippen LogP contribution in [0.3, 0.4) is 0 Å². The zero-order chi connectivity index (χ0) is 28.8. The van der Waals surface area contributed by atoms with E-state index in [9.17, 15) is 39.3 Å². The van der Waals surface area contributed by atoms with Crippen LogP contribution in [0.4, 0.5) is 0 Å². The molecule has 210 valence electrons. The predicted molar refractivity (Wildman–Crippen MR) is 139 cm³/mol. The van der Waals surface area contributed by atoms with Crippen LogP contribution in [-0.2, 0) is 30.4 Å². The SMILES string of the molecule is NC(N)=NCCCC(N)C(=O)NC(CC(=O)O)C(=O)NC(CS)C(=O)NC(Cc1ccc(O)cc1)C(=O)O. The summed E-state index contributed by atoms with van der Waals surface area (Å²) in [5, 5.41) is 34.9. The van der Waals surface area contributed by atoms with E-state index in [1.807, 2.05) is 0 Å². The molecule has 0 saturated heterocycles. The Bertz CT molecular complexity index is 1020. The normalized spacial score (nSPS) is 13.7. The van der Waals surface area contributed by atoms with Crippen LogP contribution in [0.1, 0.15) is 24.8 Å². The molecule has 0 fully saturated rings. The van der Waals surface area contributed by atoms with Gasteiger partial charge >= 0.3 is 11.9 Å². The number of hydrogen-bond donors (Lipinski definition) is 10. The third-order valence-electron chi connectivity index (χ3n) is 5.12. The van der Waals surface area contributed by atoms with Crippen LogP contribution in [0, 0.1) is 0 Å². The van der Waals surface area contributed by atoms with E-state index in [1.54, 1.807) is 0 Å². The van der Waals surface area contributed by atoms with Crippen molar-refractivity contribution in [1.82, 2.24) is 16.0 Å². The molecule has 0 aliphatic heterocycles. The molecule has 4 unspecified atom stereocenters. The lowest BCUT2D eigenvalue weighted by molar-refractivity contribution is -0.143. The van der Waals surface area contributed by atoms with E-state index in [0.717, 1.165) is 0 Å². The average molecular weight is 556 g/mol. The number of aliphatic imine (C=N–C) groups is 1. The number of aliphatic carboxylic acids is 2. The topological polar surface area (TPSA) is 273 Å². The van der Waals surface area contributed by atoms with E-state index < -0.39 is 60.2 Å². The van der Waals surface area contributed by atoms with Crippen molar-refractivity contribution in [2.24, 2.45) is 22.2 Å². The summed E-state index contributed by atoms with van der Waals surface area (Å²) in [6.45, 7) is 0.213. The lowest BCUT2D eigenvalue weighted by Crippen LogP contribution is -2.58. The summed E-state index contributed by atoms with van der Waals surface area (Å²) < 4.78 is 0. The Morgan fingerprint density at radius 2 is 1.45 bits per heavy atom. The first-order valence-electron chi connectivity index (χ1n) is 11.4. The summed E-state index contributed by atoms with van der Waals surface area (Å²) in [5.74, 6) is -5.86. The van der Waals surface area contributed by atoms with Gasteiger partial charge in [-0.25, -0.2) is 4.79 Å². The Balaban J connectivity index is 2.83. The van der Waals surface area contributed by atoms with Crippen molar-refractivity contribution in [3.05, 3.63) is 29.8 Å². The van der Waals surface area contributed by atoms with E-state index >= 15 is 0 Å². The van der Waals surface area contributed by atoms with Crippen LogP contribution in [0.2, 0.25) is 0 Å². The third-order valence-corrected chi connectivity index (χ3v) is 5.49. The number of phenolic OH excluding ortho intramolecular Hbond substituents is 1. The number of thiol groups is 1. The molecule has 4 atom stereocenters. The van der Waals surface area contributed by atoms with Crippen LogP contribution < -0.4 is 33.2 Å². The van der Waals surface area contributed by atoms with Crippen molar-refractivity contribution in [2.75, 3.05) is 12.3 Å². The molecule has 0 aliphatic rings. The van der Waals surface area contributed by atoms with Gasteiger partial charge in [-0.2, -0.15) is 12.6 Å². The standard InChI is InChI=1S/C22H33N7O8S/c23-13(2-1-7-26-22(24)25)18(33)27-14(9-17(31)32)19(34)29-16(10-38)20(35)28-15(21(36)37)8-11-3-5-12(30)6-4-11/h3-6,13-16,30,38H,1-2,7-10,23H2,(H,27,33)(H,28,35)(H,29,34)(H,31,32)(H,36,37)(H4,24,25,26). The van der Waals surface area contributed by atoms with Crippen molar-refractivity contribution < 1.29 is 39.3 Å². The quantitative estimate of drug-likeness (QED) is 0.0432. The number of carbonyl (C=O) groups excluding carboxylic acids is 3. The van der Waals surface area contributed by atoms with E-state index in [-0.39, 0.29) is 36.8 Å². The van der Waals surface area contributed by atoms with Crippen molar-refractivity contribution in [3.8, 4) is 5.75 Å². The van der Waals surface area contributed by atoms with E-state index in [0.29, 0.717) is 12.0 Å². The highest BCUT2D eigenvalue weighted by Gasteiger charge is 2.31. The van der Waals surface area contributed by atoms with Gasteiger partial charge in [0.15, 0.2) is 5.96 Å². The number of benzene rings is 1. The molecule has 16 heteroatoms. The smallest absolute Gasteiger partial charge is 0.326 e. The minimum Gasteiger partial charge on any atom is -0.508 e. The third kappa shape index (κ3) is 11.8. The van der Waals surface area contributed by atoms with E-state index in [4.69, 9.17) is 17.2 Å². The van der Waals surface area contributed by atoms with Crippen LogP contribution >= 0.6 is 12.6 Å². The van der Waals surface area contributed by atoms with Gasteiger partial charge < -0.3 is 48.5 Å². The number of carboxylic acid groups (broad SMARTS) is 2. The monoisotopic (exact) mass is 555 g/mol. The number of nitrogens with two attached hydrogens (primary N) is 3. The summed E-state index contributed by atoms with van der Waals surface area (Å²) in [4.78, 5) is 64.6. The fourth-order valence-corrected chi connectivity index (χ4v) is 3.38. The van der Waals surface area contributed by atoms with Crippen LogP contribution in [0.15, 0.2) is 29.3 Å². The average Bonchev–Trinajstić information content (AvgIpc) is 2.84. The molecule has 12 N–H and O–H groups in total. The van der Waals surface area contributed by atoms with Crippen molar-refractivity contribution in [2.45, 2.75) is 49.9 Å². The molecule has 1 aromatic carbocycles. The number of hydrogen-bond acceptors (Lipinski definition) is 9. The lowest BCUT2D eigenvalue weighted by Gasteiger charge is -2.24. The molecule has 38 heavy (non-hydrogen) atoms. The highest BCUT2D eigenvalue weighted by Crippen LogP contribution is 2.12. The molecule has 1 rings (SSSR count). The molecule has 0 saturated carbocycles. The predicted octanol–water partition coefficient (Wildman–Crippen LogP) is -2.74. The van der Waals surface area contributed by atoms with Crippen LogP contribution in [0.25, 0.3) is 0 Å². The molecule has 0 aromatic heterocycles. The number of nitrogens with one attached hydrogen (secondary N) is 3. The molecule has 0 aliphatic carbocycles. The Labute approximate surface area is 223 Å². The largest absolute Gasteiger partial charge is 0.508 e. The van der Waals surface area contributed by atoms with Crippen molar-refractivity contribution >= 4 is 48.2 Å². The number of carboxylic acids is 2. The molecule has 15 nitrogen and oxygen atoms in total. The van der Waals surface area contributed by atoms with Gasteiger partial charge in [-0.1, -0.05) is 12.1 Å². The van der Waals surface area contributed by atoms with E-state index in [1.165, 1.54) is 24.3 Å². The molecule has 0 bridgehead atoms. The van der Waals surface area contributed by atoms with Gasteiger partial charge in [-0.3, -0.25) is 24.2 Å². The second-order valence-electron chi connectivity index (χ2n) is 8.23. The van der Waals surface area contributed by atoms with E-state index in [2.05, 4.69) is 33.6 Å². The molecular formula is C22H33N7O8S. The Hall–Kier alpha value is -4.05. The molecular weight excluding hydrogens is 522 g/mol. The van der Waals surface area contributed by atoms with Crippen molar-refractivity contribution in [1.29, 1.82) is 0 Å². The zero-order valence-corrected chi connectivity index (χ0v) is 21.3. The lowest BCUT2D eigenvalue weighted by atomic mass is 10.1. The number of phenols is 1. The zero-order valence-electron chi connectivity index (χ0n) is 20.4. The minimum absolute atomic E-state index is 0.0163. The second-order valence-corrected chi connectivity index (χ2v) is 8.59. The minimum atomic E-state index is -1.58. The maximum atomic E-state index is 12.8.